The van der Waals surface area contributed by atoms with Crippen LogP contribution in [0, 0.1) is 0 Å². The van der Waals surface area contributed by atoms with Crippen LogP contribution < -0.4 is 14.4 Å². The fraction of sp³-hybridized carbons (Fsp3) is 0.435. The van der Waals surface area contributed by atoms with Gasteiger partial charge in [-0.1, -0.05) is 36.4 Å². The number of sulfonamides is 1. The number of nitrogens with zero attached hydrogens (tertiary/aromatic N) is 1. The van der Waals surface area contributed by atoms with Crippen molar-refractivity contribution in [1.29, 1.82) is 0 Å². The van der Waals surface area contributed by atoms with Gasteiger partial charge in [-0.15, -0.1) is 0 Å². The van der Waals surface area contributed by atoms with E-state index in [0.717, 1.165) is 29.0 Å². The monoisotopic (exact) mass is 446 g/mol. The van der Waals surface area contributed by atoms with Crippen molar-refractivity contribution in [3.63, 3.8) is 0 Å². The number of benzene rings is 2. The first-order chi connectivity index (χ1) is 14.8. The fourth-order valence-corrected chi connectivity index (χ4v) is 5.25. The van der Waals surface area contributed by atoms with Crippen molar-refractivity contribution in [2.24, 2.45) is 0 Å². The molecule has 1 N–H and O–H groups in total. The minimum Gasteiger partial charge on any atom is -0.497 e. The van der Waals surface area contributed by atoms with Crippen molar-refractivity contribution in [1.82, 2.24) is 5.32 Å². The van der Waals surface area contributed by atoms with E-state index in [0.29, 0.717) is 31.2 Å². The zero-order valence-electron chi connectivity index (χ0n) is 18.2. The Morgan fingerprint density at radius 1 is 1.16 bits per heavy atom. The highest BCUT2D eigenvalue weighted by molar-refractivity contribution is 7.92. The lowest BCUT2D eigenvalue weighted by atomic mass is 9.74. The summed E-state index contributed by atoms with van der Waals surface area (Å²) < 4.78 is 37.0. The number of rotatable bonds is 8. The first-order valence-corrected chi connectivity index (χ1v) is 12.2. The molecule has 0 aliphatic carbocycles. The minimum atomic E-state index is -3.70. The van der Waals surface area contributed by atoms with E-state index in [2.05, 4.69) is 17.4 Å². The summed E-state index contributed by atoms with van der Waals surface area (Å²) in [4.78, 5) is 13.1. The molecule has 0 unspecified atom stereocenters. The van der Waals surface area contributed by atoms with E-state index >= 15 is 0 Å². The second kappa shape index (κ2) is 9.70. The van der Waals surface area contributed by atoms with Crippen molar-refractivity contribution in [2.45, 2.75) is 31.2 Å². The summed E-state index contributed by atoms with van der Waals surface area (Å²) in [6.07, 6.45) is 2.68. The quantitative estimate of drug-likeness (QED) is 0.674. The molecule has 1 saturated heterocycles. The summed E-state index contributed by atoms with van der Waals surface area (Å²) in [6, 6.07) is 15.8. The van der Waals surface area contributed by atoms with Crippen LogP contribution in [0.1, 0.15) is 25.3 Å². The molecule has 168 valence electrons. The molecule has 0 radical (unpaired) electrons. The van der Waals surface area contributed by atoms with E-state index in [-0.39, 0.29) is 11.3 Å². The van der Waals surface area contributed by atoms with E-state index in [1.165, 1.54) is 7.11 Å². The third-order valence-electron chi connectivity index (χ3n) is 5.83. The highest BCUT2D eigenvalue weighted by atomic mass is 32.2. The van der Waals surface area contributed by atoms with Gasteiger partial charge >= 0.3 is 0 Å². The van der Waals surface area contributed by atoms with Gasteiger partial charge in [-0.2, -0.15) is 0 Å². The molecule has 1 fully saturated rings. The number of amides is 1. The molecular formula is C23H30N2O5S. The lowest BCUT2D eigenvalue weighted by Gasteiger charge is -2.38. The van der Waals surface area contributed by atoms with Crippen molar-refractivity contribution < 1.29 is 22.7 Å². The Kier molecular flexibility index (Phi) is 7.23. The Morgan fingerprint density at radius 3 is 2.45 bits per heavy atom. The van der Waals surface area contributed by atoms with Crippen molar-refractivity contribution in [2.75, 3.05) is 37.4 Å². The Bertz CT molecular complexity index is 988. The van der Waals surface area contributed by atoms with Crippen molar-refractivity contribution in [3.05, 3.63) is 60.2 Å². The smallest absolute Gasteiger partial charge is 0.243 e. The van der Waals surface area contributed by atoms with E-state index in [4.69, 9.17) is 9.47 Å². The lowest BCUT2D eigenvalue weighted by Crippen LogP contribution is -2.51. The van der Waals surface area contributed by atoms with Crippen molar-refractivity contribution in [3.8, 4) is 5.75 Å². The number of carbonyl (C=O) groups excluding carboxylic acids is 1. The Morgan fingerprint density at radius 2 is 1.84 bits per heavy atom. The van der Waals surface area contributed by atoms with Crippen LogP contribution in [0.5, 0.6) is 5.75 Å². The predicted octanol–water partition coefficient (Wildman–Crippen LogP) is 2.71. The number of hydrogen-bond acceptors (Lipinski definition) is 5. The number of anilines is 1. The molecule has 2 aromatic rings. The van der Waals surface area contributed by atoms with Crippen molar-refractivity contribution >= 4 is 21.6 Å². The lowest BCUT2D eigenvalue weighted by molar-refractivity contribution is -0.122. The average Bonchev–Trinajstić information content (AvgIpc) is 2.78. The highest BCUT2D eigenvalue weighted by Gasteiger charge is 2.36. The third-order valence-corrected chi connectivity index (χ3v) is 7.08. The summed E-state index contributed by atoms with van der Waals surface area (Å²) >= 11 is 0. The van der Waals surface area contributed by atoms with Gasteiger partial charge < -0.3 is 14.8 Å². The maximum absolute atomic E-state index is 13.1. The molecular weight excluding hydrogens is 416 g/mol. The van der Waals surface area contributed by atoms with Gasteiger partial charge in [0, 0.05) is 31.2 Å². The van der Waals surface area contributed by atoms with E-state index in [9.17, 15) is 13.2 Å². The Balaban J connectivity index is 1.81. The first-order valence-electron chi connectivity index (χ1n) is 10.3. The summed E-state index contributed by atoms with van der Waals surface area (Å²) in [7, 11) is -2.19. The number of carbonyl (C=O) groups is 1. The largest absolute Gasteiger partial charge is 0.497 e. The van der Waals surface area contributed by atoms with Crippen LogP contribution in [0.15, 0.2) is 54.6 Å². The molecule has 0 saturated carbocycles. The molecule has 1 aliphatic heterocycles. The van der Waals surface area contributed by atoms with Gasteiger partial charge in [0.1, 0.15) is 11.8 Å². The highest BCUT2D eigenvalue weighted by Crippen LogP contribution is 2.34. The van der Waals surface area contributed by atoms with Crippen LogP contribution in [-0.4, -0.2) is 53.5 Å². The topological polar surface area (TPSA) is 84.9 Å². The third kappa shape index (κ3) is 5.37. The SMILES string of the molecule is COc1cccc(N([C@@H](C)C(=O)NCC2(c3ccccc3)CCOCC2)S(C)(=O)=O)c1. The Hall–Kier alpha value is -2.58. The van der Waals surface area contributed by atoms with Crippen LogP contribution in [-0.2, 0) is 25.0 Å². The molecule has 1 heterocycles. The molecule has 0 aromatic heterocycles. The zero-order valence-corrected chi connectivity index (χ0v) is 19.0. The fourth-order valence-electron chi connectivity index (χ4n) is 4.08. The van der Waals surface area contributed by atoms with Gasteiger partial charge in [0.25, 0.3) is 0 Å². The van der Waals surface area contributed by atoms with E-state index in [1.54, 1.807) is 31.2 Å². The predicted molar refractivity (Wildman–Crippen MR) is 121 cm³/mol. The van der Waals surface area contributed by atoms with Gasteiger partial charge in [-0.3, -0.25) is 9.10 Å². The average molecular weight is 447 g/mol. The van der Waals surface area contributed by atoms with Gasteiger partial charge in [0.15, 0.2) is 0 Å². The number of ether oxygens (including phenoxy) is 2. The van der Waals surface area contributed by atoms with Crippen LogP contribution >= 0.6 is 0 Å². The van der Waals surface area contributed by atoms with E-state index < -0.39 is 16.1 Å². The molecule has 2 aromatic carbocycles. The Labute approximate surface area is 184 Å². The molecule has 0 spiro atoms. The molecule has 7 nitrogen and oxygen atoms in total. The number of methoxy groups -OCH3 is 1. The van der Waals surface area contributed by atoms with Gasteiger partial charge in [-0.05, 0) is 37.5 Å². The first kappa shape index (κ1) is 23.1. The van der Waals surface area contributed by atoms with Crippen LogP contribution in [0.3, 0.4) is 0 Å². The molecule has 1 aliphatic rings. The standard InChI is InChI=1S/C23H30N2O5S/c1-18(25(31(3,27)28)20-10-7-11-21(16-20)29-2)22(26)24-17-23(12-14-30-15-13-23)19-8-5-4-6-9-19/h4-11,16,18H,12-15,17H2,1-3H3,(H,24,26)/t18-/m0/s1. The van der Waals surface area contributed by atoms with Gasteiger partial charge in [-0.25, -0.2) is 8.42 Å². The van der Waals surface area contributed by atoms with Gasteiger partial charge in [0.2, 0.25) is 15.9 Å². The molecule has 1 amide bonds. The maximum Gasteiger partial charge on any atom is 0.243 e. The summed E-state index contributed by atoms with van der Waals surface area (Å²) in [5, 5.41) is 3.01. The van der Waals surface area contributed by atoms with Crippen LogP contribution in [0.25, 0.3) is 0 Å². The zero-order chi connectivity index (χ0) is 22.5. The van der Waals surface area contributed by atoms with Gasteiger partial charge in [0.05, 0.1) is 19.1 Å². The maximum atomic E-state index is 13.1. The second-order valence-corrected chi connectivity index (χ2v) is 9.77. The van der Waals surface area contributed by atoms with E-state index in [1.807, 2.05) is 18.2 Å². The molecule has 0 bridgehead atoms. The second-order valence-electron chi connectivity index (χ2n) is 7.91. The number of nitrogens with one attached hydrogen (secondary N) is 1. The molecule has 8 heteroatoms. The number of hydrogen-bond donors (Lipinski definition) is 1. The van der Waals surface area contributed by atoms with Crippen LogP contribution in [0.4, 0.5) is 5.69 Å². The normalized spacial score (nSPS) is 16.9. The summed E-state index contributed by atoms with van der Waals surface area (Å²) in [5.74, 6) is 0.166. The molecule has 1 atom stereocenters. The molecule has 3 rings (SSSR count). The summed E-state index contributed by atoms with van der Waals surface area (Å²) in [5.41, 5.74) is 1.30. The molecule has 31 heavy (non-hydrogen) atoms. The van der Waals surface area contributed by atoms with Crippen LogP contribution in [0.2, 0.25) is 0 Å². The minimum absolute atomic E-state index is 0.235. The summed E-state index contributed by atoms with van der Waals surface area (Å²) in [6.45, 7) is 3.26.